The van der Waals surface area contributed by atoms with Gasteiger partial charge in [-0.1, -0.05) is 80.8 Å². The third-order valence-electron chi connectivity index (χ3n) is 6.15. The molecule has 0 N–H and O–H groups in total. The number of alkyl halides is 3. The number of hydrogen-bond acceptors (Lipinski definition) is 0. The smallest absolute Gasteiger partial charge is 0.206 e. The summed E-state index contributed by atoms with van der Waals surface area (Å²) in [6.07, 6.45) is 2.21. The maximum atomic E-state index is 13.8. The van der Waals surface area contributed by atoms with Crippen molar-refractivity contribution in [2.45, 2.75) is 51.6 Å². The van der Waals surface area contributed by atoms with Crippen molar-refractivity contribution in [1.82, 2.24) is 0 Å². The second-order valence-electron chi connectivity index (χ2n) is 8.78. The highest BCUT2D eigenvalue weighted by Crippen LogP contribution is 2.34. The van der Waals surface area contributed by atoms with Crippen LogP contribution in [0.2, 0.25) is 0 Å². The van der Waals surface area contributed by atoms with Crippen molar-refractivity contribution < 1.29 is 22.0 Å². The van der Waals surface area contributed by atoms with Gasteiger partial charge in [0.05, 0.1) is 0 Å². The first-order valence-electron chi connectivity index (χ1n) is 11.8. The average molecular weight is 481 g/mol. The van der Waals surface area contributed by atoms with Crippen LogP contribution in [-0.4, -0.2) is 0 Å². The first-order valence-corrected chi connectivity index (χ1v) is 11.8. The number of halogens is 5. The third-order valence-corrected chi connectivity index (χ3v) is 6.15. The van der Waals surface area contributed by atoms with Gasteiger partial charge < -0.3 is 0 Å². The van der Waals surface area contributed by atoms with Crippen molar-refractivity contribution in [2.24, 2.45) is 0 Å². The first kappa shape index (κ1) is 24.7. The summed E-state index contributed by atoms with van der Waals surface area (Å²) in [7, 11) is 0. The van der Waals surface area contributed by atoms with Crippen molar-refractivity contribution in [3.63, 3.8) is 0 Å². The lowest BCUT2D eigenvalue weighted by Crippen LogP contribution is -2.11. The van der Waals surface area contributed by atoms with Crippen molar-refractivity contribution in [2.75, 3.05) is 0 Å². The molecule has 0 aromatic heterocycles. The fraction of sp³-hybridized carbons (Fsp3) is 0.267. The van der Waals surface area contributed by atoms with E-state index in [9.17, 15) is 22.0 Å². The molecule has 4 aromatic rings. The molecule has 0 saturated heterocycles. The maximum absolute atomic E-state index is 13.8. The molecule has 0 radical (unpaired) electrons. The van der Waals surface area contributed by atoms with E-state index in [1.54, 1.807) is 6.07 Å². The number of unbranched alkanes of at least 4 members (excludes halogenated alkanes) is 4. The van der Waals surface area contributed by atoms with Crippen LogP contribution in [0.4, 0.5) is 22.0 Å². The molecule has 0 aliphatic rings. The minimum Gasteiger partial charge on any atom is -0.206 e. The number of rotatable bonds is 6. The van der Waals surface area contributed by atoms with E-state index >= 15 is 0 Å². The van der Waals surface area contributed by atoms with Crippen LogP contribution in [0.25, 0.3) is 21.5 Å². The number of fused-ring (bicyclic) bond motifs is 3. The summed E-state index contributed by atoms with van der Waals surface area (Å²) >= 11 is 0. The molecule has 0 heterocycles. The zero-order chi connectivity index (χ0) is 25.0. The van der Waals surface area contributed by atoms with E-state index in [0.717, 1.165) is 28.0 Å². The molecule has 0 bridgehead atoms. The summed E-state index contributed by atoms with van der Waals surface area (Å²) in [5, 5.41) is 4.32. The standard InChI is InChI=1S/C30H25F5/c1-2-3-4-5-6-7-20-10-14-25-23(16-20)12-13-24-17-21(11-15-26(24)25)8-9-22-18-27(31)29(28(32)19-22)30(33,34)35/h10-19H,2-7H2,1H3. The Morgan fingerprint density at radius 3 is 1.91 bits per heavy atom. The summed E-state index contributed by atoms with van der Waals surface area (Å²) in [6, 6.07) is 17.4. The Hall–Kier alpha value is -3.39. The second kappa shape index (κ2) is 10.5. The Morgan fingerprint density at radius 1 is 0.657 bits per heavy atom. The van der Waals surface area contributed by atoms with Gasteiger partial charge in [-0.25, -0.2) is 8.78 Å². The van der Waals surface area contributed by atoms with Gasteiger partial charge >= 0.3 is 6.18 Å². The molecule has 4 rings (SSSR count). The van der Waals surface area contributed by atoms with E-state index in [1.165, 1.54) is 37.7 Å². The van der Waals surface area contributed by atoms with E-state index in [0.29, 0.717) is 17.7 Å². The zero-order valence-electron chi connectivity index (χ0n) is 19.4. The zero-order valence-corrected chi connectivity index (χ0v) is 19.4. The van der Waals surface area contributed by atoms with E-state index in [-0.39, 0.29) is 5.56 Å². The van der Waals surface area contributed by atoms with Gasteiger partial charge in [-0.15, -0.1) is 0 Å². The van der Waals surface area contributed by atoms with E-state index in [1.807, 2.05) is 18.2 Å². The second-order valence-corrected chi connectivity index (χ2v) is 8.78. The molecule has 0 fully saturated rings. The van der Waals surface area contributed by atoms with Crippen LogP contribution < -0.4 is 0 Å². The fourth-order valence-electron chi connectivity index (χ4n) is 4.35. The summed E-state index contributed by atoms with van der Waals surface area (Å²) in [5.41, 5.74) is -0.137. The van der Waals surface area contributed by atoms with Gasteiger partial charge in [0.2, 0.25) is 0 Å². The summed E-state index contributed by atoms with van der Waals surface area (Å²) in [6.45, 7) is 2.21. The third kappa shape index (κ3) is 5.82. The van der Waals surface area contributed by atoms with Gasteiger partial charge in [0.15, 0.2) is 0 Å². The summed E-state index contributed by atoms with van der Waals surface area (Å²) < 4.78 is 65.9. The molecule has 0 amide bonds. The molecule has 180 valence electrons. The Kier molecular flexibility index (Phi) is 7.40. The minimum atomic E-state index is -5.10. The van der Waals surface area contributed by atoms with Crippen molar-refractivity contribution in [3.8, 4) is 11.8 Å². The molecule has 0 unspecified atom stereocenters. The fourth-order valence-corrected chi connectivity index (χ4v) is 4.35. The molecule has 0 nitrogen and oxygen atoms in total. The predicted octanol–water partition coefficient (Wildman–Crippen LogP) is 9.20. The van der Waals surface area contributed by atoms with Gasteiger partial charge in [-0.05, 0) is 64.2 Å². The highest BCUT2D eigenvalue weighted by atomic mass is 19.4. The van der Waals surface area contributed by atoms with Crippen LogP contribution >= 0.6 is 0 Å². The van der Waals surface area contributed by atoms with Gasteiger partial charge in [0.1, 0.15) is 17.2 Å². The van der Waals surface area contributed by atoms with E-state index in [4.69, 9.17) is 0 Å². The van der Waals surface area contributed by atoms with E-state index in [2.05, 4.69) is 43.0 Å². The molecule has 35 heavy (non-hydrogen) atoms. The monoisotopic (exact) mass is 480 g/mol. The summed E-state index contributed by atoms with van der Waals surface area (Å²) in [4.78, 5) is 0. The van der Waals surface area contributed by atoms with Crippen LogP contribution in [0.3, 0.4) is 0 Å². The van der Waals surface area contributed by atoms with Crippen LogP contribution in [0.1, 0.15) is 61.3 Å². The van der Waals surface area contributed by atoms with Crippen LogP contribution in [0.5, 0.6) is 0 Å². The SMILES string of the molecule is CCCCCCCc1ccc2c(ccc3cc(C#Cc4cc(F)c(C(F)(F)F)c(F)c4)ccc32)c1. The van der Waals surface area contributed by atoms with Gasteiger partial charge in [-0.3, -0.25) is 0 Å². The Bertz CT molecular complexity index is 1400. The Morgan fingerprint density at radius 2 is 1.26 bits per heavy atom. The number of aryl methyl sites for hydroxylation is 1. The van der Waals surface area contributed by atoms with Crippen molar-refractivity contribution in [3.05, 3.63) is 94.6 Å². The molecule has 5 heteroatoms. The normalized spacial score (nSPS) is 11.6. The molecule has 0 spiro atoms. The maximum Gasteiger partial charge on any atom is 0.422 e. The molecular weight excluding hydrogens is 455 g/mol. The average Bonchev–Trinajstić information content (AvgIpc) is 2.81. The number of hydrogen-bond donors (Lipinski definition) is 0. The molecule has 4 aromatic carbocycles. The molecule has 0 aliphatic heterocycles. The summed E-state index contributed by atoms with van der Waals surface area (Å²) in [5.74, 6) is 2.01. The lowest BCUT2D eigenvalue weighted by atomic mass is 9.97. The Labute approximate surface area is 201 Å². The van der Waals surface area contributed by atoms with Crippen LogP contribution in [0, 0.1) is 23.5 Å². The molecule has 0 atom stereocenters. The topological polar surface area (TPSA) is 0 Å². The minimum absolute atomic E-state index is 0.158. The van der Waals surface area contributed by atoms with Crippen LogP contribution in [-0.2, 0) is 12.6 Å². The quantitative estimate of drug-likeness (QED) is 0.112. The predicted molar refractivity (Wildman–Crippen MR) is 131 cm³/mol. The van der Waals surface area contributed by atoms with Crippen molar-refractivity contribution >= 4 is 21.5 Å². The number of benzene rings is 4. The highest BCUT2D eigenvalue weighted by molar-refractivity contribution is 6.07. The molecule has 0 saturated carbocycles. The molecule has 0 aliphatic carbocycles. The first-order chi connectivity index (χ1) is 16.8. The van der Waals surface area contributed by atoms with Crippen LogP contribution in [0.15, 0.2) is 60.7 Å². The van der Waals surface area contributed by atoms with Gasteiger partial charge in [0.25, 0.3) is 0 Å². The molecular formula is C30H25F5. The van der Waals surface area contributed by atoms with Gasteiger partial charge in [-0.2, -0.15) is 13.2 Å². The lowest BCUT2D eigenvalue weighted by Gasteiger charge is -2.09. The Balaban J connectivity index is 1.56. The lowest BCUT2D eigenvalue weighted by molar-refractivity contribution is -0.142. The van der Waals surface area contributed by atoms with Gasteiger partial charge in [0, 0.05) is 11.1 Å². The van der Waals surface area contributed by atoms with Crippen molar-refractivity contribution in [1.29, 1.82) is 0 Å². The highest BCUT2D eigenvalue weighted by Gasteiger charge is 2.37. The van der Waals surface area contributed by atoms with E-state index < -0.39 is 23.4 Å². The largest absolute Gasteiger partial charge is 0.422 e.